The summed E-state index contributed by atoms with van der Waals surface area (Å²) >= 11 is 0. The second-order valence-electron chi connectivity index (χ2n) is 11.7. The minimum atomic E-state index is -0.461. The number of carbonyl (C=O) groups excluding carboxylic acids is 1. The minimum absolute atomic E-state index is 0.175. The van der Waals surface area contributed by atoms with Crippen molar-refractivity contribution in [3.8, 4) is 0 Å². The summed E-state index contributed by atoms with van der Waals surface area (Å²) in [5.41, 5.74) is 0.107. The largest absolute Gasteiger partial charge is 0.390 e. The Kier molecular flexibility index (Phi) is 4.55. The fourth-order valence-electron chi connectivity index (χ4n) is 8.62. The molecule has 0 aliphatic heterocycles. The third kappa shape index (κ3) is 3.04. The third-order valence-corrected chi connectivity index (χ3v) is 10.2. The van der Waals surface area contributed by atoms with Gasteiger partial charge in [0.2, 0.25) is 0 Å². The van der Waals surface area contributed by atoms with Crippen LogP contribution in [0.2, 0.25) is 0 Å². The predicted octanol–water partition coefficient (Wildman–Crippen LogP) is 4.86. The van der Waals surface area contributed by atoms with E-state index in [1.807, 2.05) is 19.2 Å². The molecule has 4 aliphatic carbocycles. The van der Waals surface area contributed by atoms with Crippen molar-refractivity contribution in [3.05, 3.63) is 18.5 Å². The highest BCUT2D eigenvalue weighted by molar-refractivity contribution is 5.82. The molecule has 4 heteroatoms. The third-order valence-electron chi connectivity index (χ3n) is 10.2. The molecule has 0 amide bonds. The first-order chi connectivity index (χ1) is 13.7. The van der Waals surface area contributed by atoms with Crippen LogP contribution in [0.5, 0.6) is 0 Å². The van der Waals surface area contributed by atoms with Gasteiger partial charge in [0.15, 0.2) is 5.78 Å². The van der Waals surface area contributed by atoms with Crippen LogP contribution >= 0.6 is 0 Å². The molecule has 4 fully saturated rings. The van der Waals surface area contributed by atoms with Gasteiger partial charge >= 0.3 is 0 Å². The topological polar surface area (TPSA) is 55.1 Å². The average molecular weight is 399 g/mol. The van der Waals surface area contributed by atoms with Gasteiger partial charge in [-0.3, -0.25) is 9.48 Å². The maximum atomic E-state index is 13.2. The van der Waals surface area contributed by atoms with Crippen LogP contribution in [-0.4, -0.2) is 26.3 Å². The molecule has 5 rings (SSSR count). The molecule has 8 atom stereocenters. The molecule has 160 valence electrons. The van der Waals surface area contributed by atoms with E-state index < -0.39 is 5.60 Å². The Bertz CT molecular complexity index is 772. The highest BCUT2D eigenvalue weighted by atomic mass is 16.3. The van der Waals surface area contributed by atoms with Gasteiger partial charge in [0.1, 0.15) is 0 Å². The van der Waals surface area contributed by atoms with Gasteiger partial charge in [-0.1, -0.05) is 13.8 Å². The summed E-state index contributed by atoms with van der Waals surface area (Å²) < 4.78 is 1.80. The Balaban J connectivity index is 1.36. The van der Waals surface area contributed by atoms with E-state index in [0.717, 1.165) is 31.1 Å². The number of ketones is 1. The van der Waals surface area contributed by atoms with Crippen LogP contribution in [0.25, 0.3) is 0 Å². The lowest BCUT2D eigenvalue weighted by Crippen LogP contribution is -2.55. The number of aliphatic hydroxyl groups is 1. The number of Topliss-reactive ketones (excluding diaryl/α,β-unsaturated/α-hetero) is 1. The van der Waals surface area contributed by atoms with E-state index in [0.29, 0.717) is 29.6 Å². The predicted molar refractivity (Wildman–Crippen MR) is 113 cm³/mol. The highest BCUT2D eigenvalue weighted by Crippen LogP contribution is 2.68. The van der Waals surface area contributed by atoms with E-state index in [2.05, 4.69) is 18.9 Å². The summed E-state index contributed by atoms with van der Waals surface area (Å²) in [6.45, 7) is 7.46. The van der Waals surface area contributed by atoms with E-state index in [9.17, 15) is 9.90 Å². The first kappa shape index (κ1) is 19.8. The summed E-state index contributed by atoms with van der Waals surface area (Å²) in [6.07, 6.45) is 14.1. The zero-order chi connectivity index (χ0) is 20.4. The second kappa shape index (κ2) is 6.67. The molecule has 1 N–H and O–H groups in total. The van der Waals surface area contributed by atoms with Gasteiger partial charge in [-0.2, -0.15) is 5.10 Å². The summed E-state index contributed by atoms with van der Waals surface area (Å²) in [5, 5.41) is 14.9. The molecule has 1 aromatic rings. The van der Waals surface area contributed by atoms with Crippen molar-refractivity contribution in [3.63, 3.8) is 0 Å². The van der Waals surface area contributed by atoms with Gasteiger partial charge in [-0.05, 0) is 105 Å². The maximum absolute atomic E-state index is 13.2. The number of aromatic nitrogens is 2. The van der Waals surface area contributed by atoms with Crippen LogP contribution in [0, 0.1) is 40.4 Å². The quantitative estimate of drug-likeness (QED) is 0.791. The molecule has 0 aromatic carbocycles. The van der Waals surface area contributed by atoms with Crippen molar-refractivity contribution in [2.45, 2.75) is 90.7 Å². The first-order valence-corrected chi connectivity index (χ1v) is 12.0. The van der Waals surface area contributed by atoms with E-state index >= 15 is 0 Å². The van der Waals surface area contributed by atoms with Crippen LogP contribution < -0.4 is 0 Å². The van der Waals surface area contributed by atoms with Crippen LogP contribution in [0.1, 0.15) is 78.6 Å². The standard InChI is InChI=1S/C25H38N2O2/c1-23(29)11-12-24(2)17(15-23)5-6-18-19-7-8-21(25(19,3)10-9-20(18)24)22(28)16-27-14-4-13-26-27/h4,13-14,17-21,29H,5-12,15-16H2,1-3H3/t17-,18+,19+,20+,21-,23-,24+,25+/m1/s1. The average Bonchev–Trinajstić information content (AvgIpc) is 3.29. The molecule has 0 saturated heterocycles. The van der Waals surface area contributed by atoms with Gasteiger partial charge in [-0.25, -0.2) is 0 Å². The fourth-order valence-corrected chi connectivity index (χ4v) is 8.62. The lowest BCUT2D eigenvalue weighted by atomic mass is 9.44. The second-order valence-corrected chi connectivity index (χ2v) is 11.7. The number of rotatable bonds is 3. The van der Waals surface area contributed by atoms with E-state index in [4.69, 9.17) is 0 Å². The maximum Gasteiger partial charge on any atom is 0.157 e. The molecule has 1 heterocycles. The molecule has 4 saturated carbocycles. The SMILES string of the molecule is C[C@@]1(O)CC[C@@]2(C)[C@H](CC[C@@H]3[C@@H]2CC[C@]2(C)[C@@H](C(=O)Cn4cccn4)CC[C@@H]32)C1. The molecule has 29 heavy (non-hydrogen) atoms. The summed E-state index contributed by atoms with van der Waals surface area (Å²) in [4.78, 5) is 13.2. The van der Waals surface area contributed by atoms with Crippen molar-refractivity contribution in [2.75, 3.05) is 0 Å². The van der Waals surface area contributed by atoms with E-state index in [-0.39, 0.29) is 11.3 Å². The molecule has 0 unspecified atom stereocenters. The van der Waals surface area contributed by atoms with Crippen molar-refractivity contribution in [1.82, 2.24) is 9.78 Å². The van der Waals surface area contributed by atoms with Crippen molar-refractivity contribution in [1.29, 1.82) is 0 Å². The first-order valence-electron chi connectivity index (χ1n) is 12.0. The van der Waals surface area contributed by atoms with Gasteiger partial charge in [0.05, 0.1) is 12.1 Å². The van der Waals surface area contributed by atoms with Crippen LogP contribution in [0.4, 0.5) is 0 Å². The molecular weight excluding hydrogens is 360 g/mol. The zero-order valence-electron chi connectivity index (χ0n) is 18.4. The molecule has 4 aliphatic rings. The van der Waals surface area contributed by atoms with Crippen molar-refractivity contribution in [2.24, 2.45) is 40.4 Å². The fraction of sp³-hybridized carbons (Fsp3) is 0.840. The number of fused-ring (bicyclic) bond motifs is 5. The number of hydrogen-bond acceptors (Lipinski definition) is 3. The van der Waals surface area contributed by atoms with E-state index in [1.54, 1.807) is 10.9 Å². The number of hydrogen-bond donors (Lipinski definition) is 1. The highest BCUT2D eigenvalue weighted by Gasteiger charge is 2.61. The Labute approximate surface area is 175 Å². The normalized spacial score (nSPS) is 49.2. The molecule has 0 bridgehead atoms. The molecule has 1 aromatic heterocycles. The summed E-state index contributed by atoms with van der Waals surface area (Å²) in [5.74, 6) is 3.54. The lowest BCUT2D eigenvalue weighted by Gasteiger charge is -2.61. The summed E-state index contributed by atoms with van der Waals surface area (Å²) in [6, 6.07) is 1.90. The summed E-state index contributed by atoms with van der Waals surface area (Å²) in [7, 11) is 0. The van der Waals surface area contributed by atoms with Gasteiger partial charge in [0.25, 0.3) is 0 Å². The smallest absolute Gasteiger partial charge is 0.157 e. The minimum Gasteiger partial charge on any atom is -0.390 e. The number of carbonyl (C=O) groups is 1. The Morgan fingerprint density at radius 2 is 1.83 bits per heavy atom. The molecular formula is C25H38N2O2. The van der Waals surface area contributed by atoms with Crippen LogP contribution in [0.15, 0.2) is 18.5 Å². The van der Waals surface area contributed by atoms with Crippen LogP contribution in [-0.2, 0) is 11.3 Å². The van der Waals surface area contributed by atoms with E-state index in [1.165, 1.54) is 38.5 Å². The van der Waals surface area contributed by atoms with Gasteiger partial charge < -0.3 is 5.11 Å². The monoisotopic (exact) mass is 398 g/mol. The van der Waals surface area contributed by atoms with Crippen LogP contribution in [0.3, 0.4) is 0 Å². The Hall–Kier alpha value is -1.16. The van der Waals surface area contributed by atoms with Gasteiger partial charge in [0, 0.05) is 18.3 Å². The van der Waals surface area contributed by atoms with Crippen molar-refractivity contribution < 1.29 is 9.90 Å². The molecule has 4 nitrogen and oxygen atoms in total. The lowest BCUT2D eigenvalue weighted by molar-refractivity contribution is -0.151. The number of nitrogens with zero attached hydrogens (tertiary/aromatic N) is 2. The molecule has 0 spiro atoms. The Morgan fingerprint density at radius 3 is 2.59 bits per heavy atom. The van der Waals surface area contributed by atoms with Gasteiger partial charge in [-0.15, -0.1) is 0 Å². The zero-order valence-corrected chi connectivity index (χ0v) is 18.4. The molecule has 0 radical (unpaired) electrons. The Morgan fingerprint density at radius 1 is 1.03 bits per heavy atom. The van der Waals surface area contributed by atoms with Crippen molar-refractivity contribution >= 4 is 5.78 Å².